The average molecular weight is 773 g/mol. The minimum atomic E-state index is 0. The van der Waals surface area contributed by atoms with Crippen molar-refractivity contribution in [2.75, 3.05) is 0 Å². The third kappa shape index (κ3) is 9.94. The molecule has 0 amide bonds. The number of fused-ring (bicyclic) bond motifs is 2. The Morgan fingerprint density at radius 3 is 1.79 bits per heavy atom. The fourth-order valence-corrected chi connectivity index (χ4v) is 6.06. The van der Waals surface area contributed by atoms with E-state index in [1.807, 2.05) is 0 Å². The summed E-state index contributed by atoms with van der Waals surface area (Å²) in [4.78, 5) is 0. The molecule has 6 aromatic carbocycles. The van der Waals surface area contributed by atoms with Crippen molar-refractivity contribution in [2.24, 2.45) is 0 Å². The van der Waals surface area contributed by atoms with Crippen molar-refractivity contribution in [3.8, 4) is 22.3 Å². The maximum atomic E-state index is 3.06. The number of rotatable bonds is 3. The fourth-order valence-electron chi connectivity index (χ4n) is 6.06. The van der Waals surface area contributed by atoms with Gasteiger partial charge in [-0.25, -0.2) is 0 Å². The van der Waals surface area contributed by atoms with E-state index in [4.69, 9.17) is 0 Å². The van der Waals surface area contributed by atoms with Crippen LogP contribution in [-0.2, 0) is 28.8 Å². The first-order valence-electron chi connectivity index (χ1n) is 15.6. The molecule has 0 N–H and O–H groups in total. The van der Waals surface area contributed by atoms with Crippen molar-refractivity contribution in [3.05, 3.63) is 145 Å². The fraction of sp³-hybridized carbons (Fsp3) is 0.273. The summed E-state index contributed by atoms with van der Waals surface area (Å²) in [5.41, 5.74) is 15.3. The van der Waals surface area contributed by atoms with E-state index in [9.17, 15) is 0 Å². The monoisotopic (exact) mass is 770 g/mol. The summed E-state index contributed by atoms with van der Waals surface area (Å²) < 4.78 is 0. The van der Waals surface area contributed by atoms with Crippen LogP contribution >= 0.6 is 24.8 Å². The standard InChI is InChI=1S/C22H25.C20H21.2CH3.2ClH.Si.Zr/c1-15(2)18-13-17-7-6-8-20(21(17)14-18)16-9-11-19(12-10-16)22(3,4)5;1-12-10-19-14(3)7-9-18(20(19)11-12)17-8-6-13(2)15(4)16(17)5;;;;;;/h6-15H,1-5H3;6-11H,1-5H3;2*1H3;2*1H;;/q4*-1;;;;. The van der Waals surface area contributed by atoms with Gasteiger partial charge >= 0.3 is 30.2 Å². The summed E-state index contributed by atoms with van der Waals surface area (Å²) >= 11 is 1.36. The van der Waals surface area contributed by atoms with E-state index in [0.29, 0.717) is 5.92 Å². The van der Waals surface area contributed by atoms with Crippen LogP contribution in [0.4, 0.5) is 0 Å². The van der Waals surface area contributed by atoms with Gasteiger partial charge in [0.1, 0.15) is 0 Å². The van der Waals surface area contributed by atoms with Gasteiger partial charge in [-0.1, -0.05) is 108 Å². The summed E-state index contributed by atoms with van der Waals surface area (Å²) in [5, 5.41) is 5.49. The molecule has 6 rings (SSSR count). The van der Waals surface area contributed by atoms with Crippen LogP contribution in [0, 0.1) is 49.5 Å². The molecule has 0 atom stereocenters. The van der Waals surface area contributed by atoms with E-state index in [-0.39, 0.29) is 45.1 Å². The first-order valence-corrected chi connectivity index (χ1v) is 19.8. The second kappa shape index (κ2) is 19.2. The summed E-state index contributed by atoms with van der Waals surface area (Å²) in [7, 11) is 0. The summed E-state index contributed by atoms with van der Waals surface area (Å²) in [5.74, 6) is 0.573. The van der Waals surface area contributed by atoms with Gasteiger partial charge in [0.05, 0.1) is 0 Å². The number of hydrogen-bond donors (Lipinski definition) is 0. The van der Waals surface area contributed by atoms with Gasteiger partial charge in [0.2, 0.25) is 0 Å². The van der Waals surface area contributed by atoms with Gasteiger partial charge in [-0.05, 0) is 65.5 Å². The van der Waals surface area contributed by atoms with Gasteiger partial charge in [-0.3, -0.25) is 0 Å². The van der Waals surface area contributed by atoms with E-state index in [1.54, 1.807) is 0 Å². The van der Waals surface area contributed by atoms with Gasteiger partial charge in [-0.15, -0.1) is 93.4 Å². The third-order valence-electron chi connectivity index (χ3n) is 9.10. The van der Waals surface area contributed by atoms with E-state index < -0.39 is 0 Å². The Hall–Kier alpha value is -2.22. The maximum absolute atomic E-state index is 3.06. The van der Waals surface area contributed by atoms with Crippen molar-refractivity contribution in [1.29, 1.82) is 0 Å². The first kappa shape index (κ1) is 45.8. The van der Waals surface area contributed by atoms with Crippen LogP contribution in [0.2, 0.25) is 0 Å². The molecule has 0 aliphatic carbocycles. The van der Waals surface area contributed by atoms with Gasteiger partial charge in [-0.2, -0.15) is 12.1 Å². The van der Waals surface area contributed by atoms with Crippen LogP contribution < -0.4 is 0 Å². The van der Waals surface area contributed by atoms with Gasteiger partial charge in [0.25, 0.3) is 0 Å². The molecule has 0 bridgehead atoms. The number of aryl methyl sites for hydroxylation is 3. The summed E-state index contributed by atoms with van der Waals surface area (Å²) in [6.45, 7) is 25.4. The molecular weight excluding hydrogens is 719 g/mol. The Morgan fingerprint density at radius 2 is 1.21 bits per heavy atom. The Morgan fingerprint density at radius 1 is 0.625 bits per heavy atom. The first-order chi connectivity index (χ1) is 20.8. The zero-order chi connectivity index (χ0) is 32.3. The Labute approximate surface area is 321 Å². The Bertz CT molecular complexity index is 1900. The molecule has 0 spiro atoms. The Kier molecular flexibility index (Phi) is 18.4. The molecule has 0 heterocycles. The molecule has 48 heavy (non-hydrogen) atoms. The van der Waals surface area contributed by atoms with E-state index >= 15 is 0 Å². The predicted octanol–water partition coefficient (Wildman–Crippen LogP) is 13.8. The zero-order valence-electron chi connectivity index (χ0n) is 31.1. The quantitative estimate of drug-likeness (QED) is 0.124. The SMILES string of the molecule is CC(C)c1cc2c(-c3ccc(C(C)(C)C)cc3)cccc2[cH-]1.Cc1cc2c(-c3ccc(C)c(C)c3C)ccc(C)c2[cH-]1.Cl.Cl.[CH3-].[CH3-].[Si]=[Zr]. The van der Waals surface area contributed by atoms with Crippen molar-refractivity contribution in [1.82, 2.24) is 0 Å². The predicted molar refractivity (Wildman–Crippen MR) is 220 cm³/mol. The molecule has 0 nitrogen and oxygen atoms in total. The van der Waals surface area contributed by atoms with Gasteiger partial charge in [0, 0.05) is 0 Å². The minimum absolute atomic E-state index is 0. The number of halogens is 2. The van der Waals surface area contributed by atoms with E-state index in [2.05, 4.69) is 167 Å². The average Bonchev–Trinajstić information content (AvgIpc) is 3.62. The van der Waals surface area contributed by atoms with Crippen LogP contribution in [0.3, 0.4) is 0 Å². The van der Waals surface area contributed by atoms with Gasteiger partial charge in [0.15, 0.2) is 0 Å². The number of hydrogen-bond acceptors (Lipinski definition) is 0. The molecular formula is C44H54Cl2SiZr-4. The van der Waals surface area contributed by atoms with Crippen LogP contribution in [0.5, 0.6) is 0 Å². The van der Waals surface area contributed by atoms with Crippen LogP contribution in [0.1, 0.15) is 79.5 Å². The van der Waals surface area contributed by atoms with Crippen molar-refractivity contribution >= 4 is 53.2 Å². The van der Waals surface area contributed by atoms with E-state index in [0.717, 1.165) is 0 Å². The molecule has 0 aliphatic heterocycles. The molecule has 0 aromatic heterocycles. The summed E-state index contributed by atoms with van der Waals surface area (Å²) in [6, 6.07) is 34.0. The molecule has 0 unspecified atom stereocenters. The molecule has 0 aliphatic rings. The normalized spacial score (nSPS) is 10.4. The zero-order valence-corrected chi connectivity index (χ0v) is 36.1. The third-order valence-corrected chi connectivity index (χ3v) is 9.10. The van der Waals surface area contributed by atoms with Crippen LogP contribution in [-0.4, -0.2) is 6.88 Å². The second-order valence-corrected chi connectivity index (χ2v) is 13.5. The van der Waals surface area contributed by atoms with Crippen LogP contribution in [0.15, 0.2) is 91.0 Å². The molecule has 4 heteroatoms. The van der Waals surface area contributed by atoms with E-state index in [1.165, 1.54) is 106 Å². The molecule has 0 saturated heterocycles. The second-order valence-electron chi connectivity index (χ2n) is 13.5. The topological polar surface area (TPSA) is 0 Å². The number of benzene rings is 4. The van der Waals surface area contributed by atoms with Crippen molar-refractivity contribution in [2.45, 2.75) is 80.6 Å². The van der Waals surface area contributed by atoms with Crippen molar-refractivity contribution < 1.29 is 23.3 Å². The van der Waals surface area contributed by atoms with Crippen LogP contribution in [0.25, 0.3) is 43.8 Å². The molecule has 0 saturated carbocycles. The molecule has 2 radical (unpaired) electrons. The summed E-state index contributed by atoms with van der Waals surface area (Å²) in [6.07, 6.45) is 0. The van der Waals surface area contributed by atoms with Crippen molar-refractivity contribution in [3.63, 3.8) is 0 Å². The molecule has 256 valence electrons. The molecule has 6 aromatic rings. The molecule has 0 fully saturated rings. The Balaban J connectivity index is 0.000000813. The van der Waals surface area contributed by atoms with Gasteiger partial charge < -0.3 is 14.9 Å².